The Morgan fingerprint density at radius 1 is 1.13 bits per heavy atom. The van der Waals surface area contributed by atoms with E-state index in [1.165, 1.54) is 34.0 Å². The van der Waals surface area contributed by atoms with Crippen molar-refractivity contribution in [1.29, 1.82) is 0 Å². The zero-order valence-corrected chi connectivity index (χ0v) is 19.7. The van der Waals surface area contributed by atoms with E-state index in [9.17, 15) is 0 Å². The third-order valence-corrected chi connectivity index (χ3v) is 8.36. The summed E-state index contributed by atoms with van der Waals surface area (Å²) >= 11 is 2.04. The molecule has 3 atom stereocenters. The van der Waals surface area contributed by atoms with Gasteiger partial charge in [-0.05, 0) is 55.2 Å². The lowest BCUT2D eigenvalue weighted by molar-refractivity contribution is 0.0551. The standard InChI is InChI=1S/C25H36N4OS/c1-3-18(2)21-15-20(28-9-4-7-26-8-10-28)17-24-25(21)27-22-6-5-19(16-23(22)31-24)29-11-13-30-14-12-29/h5-6,15-18,22-23,26-27H,3-4,7-14H2,1-2H3. The minimum Gasteiger partial charge on any atom is -0.378 e. The van der Waals surface area contributed by atoms with Gasteiger partial charge in [0.2, 0.25) is 0 Å². The minimum absolute atomic E-state index is 0.360. The summed E-state index contributed by atoms with van der Waals surface area (Å²) in [6.07, 6.45) is 9.53. The van der Waals surface area contributed by atoms with Crippen LogP contribution in [0.15, 0.2) is 41.0 Å². The molecule has 5 rings (SSSR count). The van der Waals surface area contributed by atoms with Crippen LogP contribution in [0.4, 0.5) is 11.4 Å². The Labute approximate surface area is 191 Å². The third-order valence-electron chi connectivity index (χ3n) is 7.08. The fourth-order valence-electron chi connectivity index (χ4n) is 4.99. The third kappa shape index (κ3) is 4.48. The number of allylic oxidation sites excluding steroid dienone is 1. The highest BCUT2D eigenvalue weighted by Crippen LogP contribution is 2.46. The maximum atomic E-state index is 5.55. The SMILES string of the molecule is CCC(C)c1cc(N2CCCNCC2)cc2c1NC1C=CC(N3CCOCC3)=CC1S2. The molecule has 4 aliphatic rings. The lowest BCUT2D eigenvalue weighted by Crippen LogP contribution is -2.39. The predicted molar refractivity (Wildman–Crippen MR) is 132 cm³/mol. The van der Waals surface area contributed by atoms with Crippen LogP contribution in [0.25, 0.3) is 0 Å². The second-order valence-corrected chi connectivity index (χ2v) is 10.3. The van der Waals surface area contributed by atoms with E-state index in [1.54, 1.807) is 0 Å². The average Bonchev–Trinajstić information content (AvgIpc) is 3.11. The summed E-state index contributed by atoms with van der Waals surface area (Å²) in [6, 6.07) is 5.27. The van der Waals surface area contributed by atoms with Gasteiger partial charge in [-0.15, -0.1) is 11.8 Å². The summed E-state index contributed by atoms with van der Waals surface area (Å²) < 4.78 is 5.55. The molecule has 2 fully saturated rings. The van der Waals surface area contributed by atoms with Crippen molar-refractivity contribution in [2.75, 3.05) is 62.7 Å². The number of hydrogen-bond acceptors (Lipinski definition) is 6. The number of anilines is 2. The average molecular weight is 441 g/mol. The summed E-state index contributed by atoms with van der Waals surface area (Å²) in [4.78, 5) is 6.46. The molecule has 31 heavy (non-hydrogen) atoms. The highest BCUT2D eigenvalue weighted by molar-refractivity contribution is 8.00. The summed E-state index contributed by atoms with van der Waals surface area (Å²) in [7, 11) is 0. The molecule has 0 bridgehead atoms. The zero-order chi connectivity index (χ0) is 21.2. The van der Waals surface area contributed by atoms with Crippen molar-refractivity contribution < 1.29 is 4.74 Å². The minimum atomic E-state index is 0.360. The summed E-state index contributed by atoms with van der Waals surface area (Å²) in [5.41, 5.74) is 5.60. The molecule has 0 amide bonds. The van der Waals surface area contributed by atoms with Crippen LogP contribution in [0, 0.1) is 0 Å². The molecule has 5 nitrogen and oxygen atoms in total. The number of nitrogens with zero attached hydrogens (tertiary/aromatic N) is 2. The van der Waals surface area contributed by atoms with Crippen molar-refractivity contribution in [1.82, 2.24) is 10.2 Å². The van der Waals surface area contributed by atoms with Gasteiger partial charge in [0, 0.05) is 49.0 Å². The van der Waals surface area contributed by atoms with E-state index < -0.39 is 0 Å². The Morgan fingerprint density at radius 3 is 2.84 bits per heavy atom. The molecule has 1 aromatic carbocycles. The van der Waals surface area contributed by atoms with Gasteiger partial charge in [0.15, 0.2) is 0 Å². The molecule has 168 valence electrons. The Balaban J connectivity index is 1.45. The Hall–Kier alpha value is -1.63. The van der Waals surface area contributed by atoms with Crippen molar-refractivity contribution in [2.24, 2.45) is 0 Å². The van der Waals surface area contributed by atoms with E-state index in [-0.39, 0.29) is 0 Å². The molecule has 1 aromatic rings. The van der Waals surface area contributed by atoms with E-state index >= 15 is 0 Å². The second kappa shape index (κ2) is 9.47. The summed E-state index contributed by atoms with van der Waals surface area (Å²) in [6.45, 7) is 12.8. The van der Waals surface area contributed by atoms with Crippen molar-refractivity contribution in [2.45, 2.75) is 48.8 Å². The van der Waals surface area contributed by atoms with Crippen LogP contribution in [-0.2, 0) is 4.74 Å². The maximum absolute atomic E-state index is 5.55. The quantitative estimate of drug-likeness (QED) is 0.736. The number of rotatable bonds is 4. The molecule has 1 aliphatic carbocycles. The monoisotopic (exact) mass is 440 g/mol. The van der Waals surface area contributed by atoms with Gasteiger partial charge in [-0.25, -0.2) is 0 Å². The van der Waals surface area contributed by atoms with Gasteiger partial charge < -0.3 is 25.2 Å². The number of nitrogens with one attached hydrogen (secondary N) is 2. The smallest absolute Gasteiger partial charge is 0.0642 e. The molecule has 3 unspecified atom stereocenters. The lowest BCUT2D eigenvalue weighted by Gasteiger charge is -2.38. The molecule has 2 saturated heterocycles. The van der Waals surface area contributed by atoms with E-state index in [4.69, 9.17) is 4.74 Å². The number of benzene rings is 1. The van der Waals surface area contributed by atoms with Gasteiger partial charge in [0.25, 0.3) is 0 Å². The molecular weight excluding hydrogens is 404 g/mol. The largest absolute Gasteiger partial charge is 0.378 e. The van der Waals surface area contributed by atoms with E-state index in [1.807, 2.05) is 11.8 Å². The van der Waals surface area contributed by atoms with Crippen molar-refractivity contribution in [3.05, 3.63) is 41.6 Å². The fourth-order valence-corrected chi connectivity index (χ4v) is 6.28. The Morgan fingerprint density at radius 2 is 2.00 bits per heavy atom. The lowest BCUT2D eigenvalue weighted by atomic mass is 9.94. The number of hydrogen-bond donors (Lipinski definition) is 2. The van der Waals surface area contributed by atoms with Gasteiger partial charge in [0.1, 0.15) is 0 Å². The van der Waals surface area contributed by atoms with Gasteiger partial charge in [0.05, 0.1) is 30.2 Å². The molecular formula is C25H36N4OS. The van der Waals surface area contributed by atoms with Crippen LogP contribution in [0.3, 0.4) is 0 Å². The summed E-state index contributed by atoms with van der Waals surface area (Å²) in [5, 5.41) is 7.90. The van der Waals surface area contributed by atoms with Crippen LogP contribution in [-0.4, -0.2) is 68.7 Å². The van der Waals surface area contributed by atoms with E-state index in [0.29, 0.717) is 17.2 Å². The summed E-state index contributed by atoms with van der Waals surface area (Å²) in [5.74, 6) is 0.551. The van der Waals surface area contributed by atoms with Gasteiger partial charge in [-0.1, -0.05) is 19.9 Å². The molecule has 0 radical (unpaired) electrons. The number of thioether (sulfide) groups is 1. The molecule has 2 N–H and O–H groups in total. The van der Waals surface area contributed by atoms with E-state index in [0.717, 1.165) is 58.9 Å². The maximum Gasteiger partial charge on any atom is 0.0642 e. The predicted octanol–water partition coefficient (Wildman–Crippen LogP) is 4.04. The fraction of sp³-hybridized carbons (Fsp3) is 0.600. The van der Waals surface area contributed by atoms with Crippen LogP contribution < -0.4 is 15.5 Å². The Kier molecular flexibility index (Phi) is 6.49. The normalized spacial score (nSPS) is 27.0. The van der Waals surface area contributed by atoms with Crippen LogP contribution in [0.5, 0.6) is 0 Å². The number of morpholine rings is 1. The van der Waals surface area contributed by atoms with Crippen molar-refractivity contribution >= 4 is 23.1 Å². The van der Waals surface area contributed by atoms with Crippen molar-refractivity contribution in [3.63, 3.8) is 0 Å². The van der Waals surface area contributed by atoms with Gasteiger partial charge in [-0.3, -0.25) is 0 Å². The van der Waals surface area contributed by atoms with Crippen LogP contribution in [0.2, 0.25) is 0 Å². The molecule has 3 heterocycles. The number of ether oxygens (including phenoxy) is 1. The molecule has 6 heteroatoms. The van der Waals surface area contributed by atoms with Gasteiger partial charge >= 0.3 is 0 Å². The Bertz CT molecular complexity index is 840. The number of fused-ring (bicyclic) bond motifs is 2. The first-order valence-corrected chi connectivity index (χ1v) is 12.9. The molecule has 0 aromatic heterocycles. The topological polar surface area (TPSA) is 39.8 Å². The molecule has 0 spiro atoms. The highest BCUT2D eigenvalue weighted by Gasteiger charge is 2.32. The molecule has 0 saturated carbocycles. The second-order valence-electron chi connectivity index (χ2n) is 9.11. The highest BCUT2D eigenvalue weighted by atomic mass is 32.2. The first-order chi connectivity index (χ1) is 15.2. The van der Waals surface area contributed by atoms with Crippen LogP contribution in [0.1, 0.15) is 38.2 Å². The van der Waals surface area contributed by atoms with Gasteiger partial charge in [-0.2, -0.15) is 0 Å². The first kappa shape index (κ1) is 21.2. The van der Waals surface area contributed by atoms with Crippen molar-refractivity contribution in [3.8, 4) is 0 Å². The van der Waals surface area contributed by atoms with E-state index in [2.05, 4.69) is 64.6 Å². The van der Waals surface area contributed by atoms with Crippen LogP contribution >= 0.6 is 11.8 Å². The zero-order valence-electron chi connectivity index (χ0n) is 18.9. The first-order valence-electron chi connectivity index (χ1n) is 12.0. The molecule has 3 aliphatic heterocycles.